The highest BCUT2D eigenvalue weighted by Gasteiger charge is 2.18. The van der Waals surface area contributed by atoms with Crippen molar-refractivity contribution in [3.63, 3.8) is 0 Å². The third kappa shape index (κ3) is 3.31. The van der Waals surface area contributed by atoms with Crippen LogP contribution in [-0.2, 0) is 0 Å². The summed E-state index contributed by atoms with van der Waals surface area (Å²) in [4.78, 5) is 0. The average molecular weight is 280 g/mol. The molecule has 0 aliphatic rings. The lowest BCUT2D eigenvalue weighted by atomic mass is 10.0. The summed E-state index contributed by atoms with van der Waals surface area (Å²) in [7, 11) is 0. The van der Waals surface area contributed by atoms with Crippen molar-refractivity contribution < 1.29 is 9.15 Å². The number of benzene rings is 1. The van der Waals surface area contributed by atoms with Crippen LogP contribution in [0.2, 0.25) is 5.22 Å². The summed E-state index contributed by atoms with van der Waals surface area (Å²) in [6, 6.07) is 9.95. The Morgan fingerprint density at radius 1 is 1.21 bits per heavy atom. The van der Waals surface area contributed by atoms with E-state index in [4.69, 9.17) is 20.8 Å². The Bertz CT molecular complexity index is 507. The maximum Gasteiger partial charge on any atom is 0.198 e. The number of ether oxygens (including phenoxy) is 1. The fourth-order valence-corrected chi connectivity index (χ4v) is 2.27. The number of hydrogen-bond donors (Lipinski definition) is 1. The molecule has 0 saturated heterocycles. The molecule has 1 aromatic carbocycles. The second-order valence-corrected chi connectivity index (χ2v) is 4.49. The molecule has 4 heteroatoms. The Hall–Kier alpha value is -1.45. The zero-order valence-electron chi connectivity index (χ0n) is 11.2. The van der Waals surface area contributed by atoms with E-state index in [2.05, 4.69) is 12.2 Å². The summed E-state index contributed by atoms with van der Waals surface area (Å²) in [5.74, 6) is 0.875. The molecule has 1 unspecified atom stereocenters. The molecule has 0 aliphatic carbocycles. The summed E-state index contributed by atoms with van der Waals surface area (Å²) < 4.78 is 10.6. The standard InChI is InChI=1S/C15H18ClNO2/c1-3-17-14(13-9-10-19-15(13)16)11-5-7-12(8-6-11)18-4-2/h5-10,14,17H,3-4H2,1-2H3. The molecule has 0 fully saturated rings. The SMILES string of the molecule is CCNC(c1ccc(OCC)cc1)c1ccoc1Cl. The molecule has 102 valence electrons. The van der Waals surface area contributed by atoms with Gasteiger partial charge in [-0.15, -0.1) is 0 Å². The van der Waals surface area contributed by atoms with Crippen LogP contribution in [-0.4, -0.2) is 13.2 Å². The number of hydrogen-bond acceptors (Lipinski definition) is 3. The molecule has 0 amide bonds. The monoisotopic (exact) mass is 279 g/mol. The number of nitrogens with one attached hydrogen (secondary N) is 1. The van der Waals surface area contributed by atoms with Crippen LogP contribution in [0.15, 0.2) is 41.0 Å². The van der Waals surface area contributed by atoms with E-state index in [1.165, 1.54) is 0 Å². The van der Waals surface area contributed by atoms with Crippen LogP contribution in [0.5, 0.6) is 5.75 Å². The minimum atomic E-state index is 0.0342. The van der Waals surface area contributed by atoms with Crippen molar-refractivity contribution in [2.45, 2.75) is 19.9 Å². The molecule has 3 nitrogen and oxygen atoms in total. The number of rotatable bonds is 6. The van der Waals surface area contributed by atoms with Crippen molar-refractivity contribution in [3.05, 3.63) is 52.9 Å². The predicted molar refractivity (Wildman–Crippen MR) is 76.8 cm³/mol. The van der Waals surface area contributed by atoms with E-state index >= 15 is 0 Å². The van der Waals surface area contributed by atoms with Gasteiger partial charge < -0.3 is 14.5 Å². The van der Waals surface area contributed by atoms with Crippen LogP contribution in [0.4, 0.5) is 0 Å². The summed E-state index contributed by atoms with van der Waals surface area (Å²) in [5, 5.41) is 3.84. The molecule has 2 aromatic rings. The first-order valence-electron chi connectivity index (χ1n) is 6.45. The van der Waals surface area contributed by atoms with Gasteiger partial charge in [0.1, 0.15) is 5.75 Å². The summed E-state index contributed by atoms with van der Waals surface area (Å²) in [6.45, 7) is 5.55. The molecular formula is C15H18ClNO2. The number of furan rings is 1. The van der Waals surface area contributed by atoms with Gasteiger partial charge in [0.25, 0.3) is 0 Å². The molecule has 1 atom stereocenters. The molecule has 1 aromatic heterocycles. The average Bonchev–Trinajstić information content (AvgIpc) is 2.84. The van der Waals surface area contributed by atoms with E-state index in [-0.39, 0.29) is 6.04 Å². The van der Waals surface area contributed by atoms with Crippen molar-refractivity contribution in [2.75, 3.05) is 13.2 Å². The van der Waals surface area contributed by atoms with Crippen LogP contribution in [0.1, 0.15) is 31.0 Å². The lowest BCUT2D eigenvalue weighted by Gasteiger charge is -2.17. The second-order valence-electron chi connectivity index (χ2n) is 4.14. The van der Waals surface area contributed by atoms with Gasteiger partial charge in [-0.3, -0.25) is 0 Å². The van der Waals surface area contributed by atoms with Crippen molar-refractivity contribution in [1.29, 1.82) is 0 Å². The maximum atomic E-state index is 6.07. The highest BCUT2D eigenvalue weighted by Crippen LogP contribution is 2.30. The molecule has 19 heavy (non-hydrogen) atoms. The number of halogens is 1. The van der Waals surface area contributed by atoms with Crippen LogP contribution in [0.3, 0.4) is 0 Å². The van der Waals surface area contributed by atoms with Crippen molar-refractivity contribution >= 4 is 11.6 Å². The Labute approximate surface area is 118 Å². The molecular weight excluding hydrogens is 262 g/mol. The molecule has 0 spiro atoms. The van der Waals surface area contributed by atoms with Crippen LogP contribution in [0.25, 0.3) is 0 Å². The first-order chi connectivity index (χ1) is 9.26. The molecule has 0 saturated carbocycles. The molecule has 0 aliphatic heterocycles. The fourth-order valence-electron chi connectivity index (χ4n) is 2.04. The summed E-state index contributed by atoms with van der Waals surface area (Å²) in [5.41, 5.74) is 2.08. The predicted octanol–water partition coefficient (Wildman–Crippen LogP) is 4.03. The minimum absolute atomic E-state index is 0.0342. The first-order valence-corrected chi connectivity index (χ1v) is 6.83. The molecule has 1 N–H and O–H groups in total. The van der Waals surface area contributed by atoms with Gasteiger partial charge in [0.05, 0.1) is 18.9 Å². The van der Waals surface area contributed by atoms with Crippen LogP contribution < -0.4 is 10.1 Å². The van der Waals surface area contributed by atoms with Gasteiger partial charge in [0, 0.05) is 5.56 Å². The highest BCUT2D eigenvalue weighted by molar-refractivity contribution is 6.29. The zero-order valence-corrected chi connectivity index (χ0v) is 11.9. The molecule has 0 bridgehead atoms. The van der Waals surface area contributed by atoms with Gasteiger partial charge in [-0.2, -0.15) is 0 Å². The maximum absolute atomic E-state index is 6.07. The zero-order chi connectivity index (χ0) is 13.7. The van der Waals surface area contributed by atoms with E-state index in [0.717, 1.165) is 23.4 Å². The Balaban J connectivity index is 2.26. The Kier molecular flexibility index (Phi) is 4.88. The largest absolute Gasteiger partial charge is 0.494 e. The van der Waals surface area contributed by atoms with Gasteiger partial charge in [0.15, 0.2) is 5.22 Å². The van der Waals surface area contributed by atoms with Crippen molar-refractivity contribution in [1.82, 2.24) is 5.32 Å². The summed E-state index contributed by atoms with van der Waals surface area (Å²) in [6.07, 6.45) is 1.61. The quantitative estimate of drug-likeness (QED) is 0.867. The van der Waals surface area contributed by atoms with E-state index < -0.39 is 0 Å². The lowest BCUT2D eigenvalue weighted by molar-refractivity contribution is 0.340. The molecule has 2 rings (SSSR count). The van der Waals surface area contributed by atoms with Gasteiger partial charge in [-0.25, -0.2) is 0 Å². The normalized spacial score (nSPS) is 12.4. The van der Waals surface area contributed by atoms with Crippen LogP contribution in [0, 0.1) is 0 Å². The van der Waals surface area contributed by atoms with Gasteiger partial charge >= 0.3 is 0 Å². The van der Waals surface area contributed by atoms with Crippen molar-refractivity contribution in [3.8, 4) is 5.75 Å². The van der Waals surface area contributed by atoms with E-state index in [0.29, 0.717) is 11.8 Å². The van der Waals surface area contributed by atoms with E-state index in [1.54, 1.807) is 6.26 Å². The fraction of sp³-hybridized carbons (Fsp3) is 0.333. The third-order valence-electron chi connectivity index (χ3n) is 2.89. The van der Waals surface area contributed by atoms with Gasteiger partial charge in [-0.1, -0.05) is 19.1 Å². The second kappa shape index (κ2) is 6.64. The first kappa shape index (κ1) is 14.0. The van der Waals surface area contributed by atoms with Gasteiger partial charge in [0.2, 0.25) is 0 Å². The Morgan fingerprint density at radius 3 is 2.47 bits per heavy atom. The highest BCUT2D eigenvalue weighted by atomic mass is 35.5. The third-order valence-corrected chi connectivity index (χ3v) is 3.20. The van der Waals surface area contributed by atoms with Crippen molar-refractivity contribution in [2.24, 2.45) is 0 Å². The van der Waals surface area contributed by atoms with E-state index in [1.807, 2.05) is 37.3 Å². The molecule has 1 heterocycles. The Morgan fingerprint density at radius 2 is 1.95 bits per heavy atom. The smallest absolute Gasteiger partial charge is 0.198 e. The van der Waals surface area contributed by atoms with Gasteiger partial charge in [-0.05, 0) is 48.8 Å². The van der Waals surface area contributed by atoms with E-state index in [9.17, 15) is 0 Å². The van der Waals surface area contributed by atoms with Crippen LogP contribution >= 0.6 is 11.6 Å². The minimum Gasteiger partial charge on any atom is -0.494 e. The lowest BCUT2D eigenvalue weighted by Crippen LogP contribution is -2.21. The molecule has 0 radical (unpaired) electrons. The summed E-state index contributed by atoms with van der Waals surface area (Å²) >= 11 is 6.07. The topological polar surface area (TPSA) is 34.4 Å².